The number of ether oxygens (including phenoxy) is 2. The van der Waals surface area contributed by atoms with Crippen LogP contribution in [0, 0.1) is 0 Å². The molecule has 2 atom stereocenters. The zero-order valence-corrected chi connectivity index (χ0v) is 51.5. The van der Waals surface area contributed by atoms with E-state index in [1.54, 1.807) is 0 Å². The van der Waals surface area contributed by atoms with Gasteiger partial charge in [0.2, 0.25) is 0 Å². The summed E-state index contributed by atoms with van der Waals surface area (Å²) in [7, 11) is 0. The van der Waals surface area contributed by atoms with Crippen LogP contribution < -0.4 is 10.2 Å². The van der Waals surface area contributed by atoms with Crippen molar-refractivity contribution in [1.82, 2.24) is 0 Å². The first-order valence-corrected chi connectivity index (χ1v) is 31.9. The number of esters is 2. The fourth-order valence-electron chi connectivity index (χ4n) is 9.84. The van der Waals surface area contributed by atoms with Crippen LogP contribution in [0.15, 0.2) is 0 Å². The number of carboxylic acids is 2. The Morgan fingerprint density at radius 1 is 0.274 bits per heavy atom. The average molecular weight is 1060 g/mol. The molecule has 0 N–H and O–H groups in total. The van der Waals surface area contributed by atoms with Gasteiger partial charge in [0.25, 0.3) is 0 Å². The summed E-state index contributed by atoms with van der Waals surface area (Å²) >= 11 is 0. The minimum absolute atomic E-state index is 0. The van der Waals surface area contributed by atoms with Crippen molar-refractivity contribution in [3.8, 4) is 0 Å². The Morgan fingerprint density at radius 2 is 0.438 bits per heavy atom. The molecule has 428 valence electrons. The topological polar surface area (TPSA) is 133 Å². The van der Waals surface area contributed by atoms with Crippen LogP contribution >= 0.6 is 0 Å². The van der Waals surface area contributed by atoms with E-state index in [1.807, 2.05) is 13.8 Å². The van der Waals surface area contributed by atoms with Crippen LogP contribution in [0.1, 0.15) is 374 Å². The summed E-state index contributed by atoms with van der Waals surface area (Å²) in [4.78, 5) is 44.8. The molecule has 0 rings (SSSR count). The first kappa shape index (κ1) is 76.4. The molecular formula is C64H122CaO8. The van der Waals surface area contributed by atoms with E-state index in [2.05, 4.69) is 13.8 Å². The van der Waals surface area contributed by atoms with Crippen LogP contribution in [0.25, 0.3) is 0 Å². The van der Waals surface area contributed by atoms with Crippen LogP contribution in [0.2, 0.25) is 0 Å². The van der Waals surface area contributed by atoms with Crippen LogP contribution in [-0.2, 0) is 28.7 Å². The van der Waals surface area contributed by atoms with Gasteiger partial charge in [0.05, 0.1) is 12.2 Å². The van der Waals surface area contributed by atoms with Gasteiger partial charge in [-0.1, -0.05) is 284 Å². The van der Waals surface area contributed by atoms with Crippen molar-refractivity contribution < 1.29 is 38.9 Å². The van der Waals surface area contributed by atoms with Gasteiger partial charge in [0.15, 0.2) is 0 Å². The van der Waals surface area contributed by atoms with Gasteiger partial charge in [0.1, 0.15) is 0 Å². The minimum Gasteiger partial charge on any atom is -0.550 e. The molecule has 0 aliphatic carbocycles. The van der Waals surface area contributed by atoms with Crippen molar-refractivity contribution in [3.05, 3.63) is 0 Å². The normalized spacial score (nSPS) is 11.9. The SMILES string of the molecule is CCCCCCCCCCCCCC(=O)OC(C)CCCCCCCCCCCCCCCC(=O)[O-].CCCCCCCCCCCCCC(=O)OC(C)CCCCCCCCCCCCCCCC(=O)[O-].[Ca+2]. The molecule has 0 spiro atoms. The van der Waals surface area contributed by atoms with E-state index >= 15 is 0 Å². The molecular weight excluding hydrogens is 937 g/mol. The number of carbonyl (C=O) groups excluding carboxylic acids is 4. The third-order valence-corrected chi connectivity index (χ3v) is 14.6. The largest absolute Gasteiger partial charge is 2.00 e. The van der Waals surface area contributed by atoms with Crippen molar-refractivity contribution in [2.75, 3.05) is 0 Å². The van der Waals surface area contributed by atoms with Gasteiger partial charge in [0, 0.05) is 24.8 Å². The Labute approximate surface area is 483 Å². The molecule has 0 aromatic rings. The molecule has 0 aliphatic rings. The predicted octanol–water partition coefficient (Wildman–Crippen LogP) is 18.1. The summed E-state index contributed by atoms with van der Waals surface area (Å²) in [6, 6.07) is 0. The summed E-state index contributed by atoms with van der Waals surface area (Å²) in [6.45, 7) is 8.62. The molecule has 0 saturated carbocycles. The van der Waals surface area contributed by atoms with E-state index in [4.69, 9.17) is 9.47 Å². The maximum Gasteiger partial charge on any atom is 2.00 e. The van der Waals surface area contributed by atoms with Gasteiger partial charge in [-0.15, -0.1) is 0 Å². The zero-order chi connectivity index (χ0) is 53.1. The Bertz CT molecular complexity index is 1050. The summed E-state index contributed by atoms with van der Waals surface area (Å²) in [5.41, 5.74) is 0. The van der Waals surface area contributed by atoms with E-state index in [-0.39, 0.29) is 74.7 Å². The van der Waals surface area contributed by atoms with Gasteiger partial charge < -0.3 is 29.3 Å². The second-order valence-corrected chi connectivity index (χ2v) is 22.2. The first-order valence-electron chi connectivity index (χ1n) is 31.9. The smallest absolute Gasteiger partial charge is 0.550 e. The molecule has 9 heteroatoms. The monoisotopic (exact) mass is 1060 g/mol. The molecule has 0 aromatic heterocycles. The fourth-order valence-corrected chi connectivity index (χ4v) is 9.84. The zero-order valence-electron chi connectivity index (χ0n) is 49.3. The van der Waals surface area contributed by atoms with Crippen LogP contribution in [0.3, 0.4) is 0 Å². The van der Waals surface area contributed by atoms with E-state index in [9.17, 15) is 29.4 Å². The number of hydrogen-bond acceptors (Lipinski definition) is 8. The fraction of sp³-hybridized carbons (Fsp3) is 0.938. The van der Waals surface area contributed by atoms with Gasteiger partial charge in [-0.05, 0) is 78.1 Å². The average Bonchev–Trinajstić information content (AvgIpc) is 3.34. The number of unbranched alkanes of at least 4 members (excludes halogenated alkanes) is 44. The van der Waals surface area contributed by atoms with E-state index in [1.165, 1.54) is 231 Å². The van der Waals surface area contributed by atoms with Crippen LogP contribution in [-0.4, -0.2) is 73.8 Å². The molecule has 0 fully saturated rings. The molecule has 0 saturated heterocycles. The summed E-state index contributed by atoms with van der Waals surface area (Å²) in [5.74, 6) is -1.84. The summed E-state index contributed by atoms with van der Waals surface area (Å²) in [5, 5.41) is 20.7. The van der Waals surface area contributed by atoms with E-state index in [0.717, 1.165) is 89.9 Å². The van der Waals surface area contributed by atoms with E-state index in [0.29, 0.717) is 12.8 Å². The molecule has 73 heavy (non-hydrogen) atoms. The number of rotatable bonds is 58. The van der Waals surface area contributed by atoms with Gasteiger partial charge in [-0.2, -0.15) is 0 Å². The number of hydrogen-bond donors (Lipinski definition) is 0. The molecule has 0 aliphatic heterocycles. The Kier molecular flexibility index (Phi) is 68.4. The van der Waals surface area contributed by atoms with Crippen LogP contribution in [0.5, 0.6) is 0 Å². The van der Waals surface area contributed by atoms with Crippen molar-refractivity contribution >= 4 is 61.6 Å². The molecule has 0 amide bonds. The van der Waals surface area contributed by atoms with E-state index < -0.39 is 11.9 Å². The van der Waals surface area contributed by atoms with Crippen molar-refractivity contribution in [2.24, 2.45) is 0 Å². The number of aliphatic carboxylic acids is 2. The number of carbonyl (C=O) groups is 4. The Balaban J connectivity index is -0.00000132. The second-order valence-electron chi connectivity index (χ2n) is 22.2. The summed E-state index contributed by atoms with van der Waals surface area (Å²) < 4.78 is 11.2. The Hall–Kier alpha value is -0.860. The molecule has 2 unspecified atom stereocenters. The molecule has 0 aromatic carbocycles. The second kappa shape index (κ2) is 65.4. The van der Waals surface area contributed by atoms with Gasteiger partial charge in [-0.25, -0.2) is 0 Å². The number of carboxylic acid groups (broad SMARTS) is 2. The van der Waals surface area contributed by atoms with Crippen molar-refractivity contribution in [3.63, 3.8) is 0 Å². The van der Waals surface area contributed by atoms with Crippen molar-refractivity contribution in [2.45, 2.75) is 387 Å². The maximum absolute atomic E-state index is 12.0. The molecule has 8 nitrogen and oxygen atoms in total. The quantitative estimate of drug-likeness (QED) is 0.0334. The van der Waals surface area contributed by atoms with Crippen LogP contribution in [0.4, 0.5) is 0 Å². The first-order chi connectivity index (χ1) is 35.1. The molecule has 0 heterocycles. The predicted molar refractivity (Wildman–Crippen MR) is 308 cm³/mol. The minimum atomic E-state index is -0.919. The summed E-state index contributed by atoms with van der Waals surface area (Å²) in [6.07, 6.45) is 63.9. The maximum atomic E-state index is 12.0. The van der Waals surface area contributed by atoms with Gasteiger partial charge in [-0.3, -0.25) is 9.59 Å². The Morgan fingerprint density at radius 3 is 0.630 bits per heavy atom. The third kappa shape index (κ3) is 71.1. The van der Waals surface area contributed by atoms with Gasteiger partial charge >= 0.3 is 49.7 Å². The van der Waals surface area contributed by atoms with Crippen molar-refractivity contribution in [1.29, 1.82) is 0 Å². The molecule has 0 bridgehead atoms. The standard InChI is InChI=1S/2C32H62O4.Ca/c2*1-3-4-5-6-7-8-12-17-20-23-26-29-32(35)36-30(2)27-24-21-18-15-13-10-9-11-14-16-19-22-25-28-31(33)34;/h2*30H,3-29H2,1-2H3,(H,33,34);/q;;+2/p-2. The third-order valence-electron chi connectivity index (χ3n) is 14.6. The molecule has 0 radical (unpaired) electrons.